The molecule has 0 aromatic rings. The summed E-state index contributed by atoms with van der Waals surface area (Å²) in [6, 6.07) is 0. The van der Waals surface area contributed by atoms with Crippen LogP contribution in [0.25, 0.3) is 0 Å². The highest BCUT2D eigenvalue weighted by Crippen LogP contribution is 2.23. The number of esters is 1. The van der Waals surface area contributed by atoms with Crippen LogP contribution in [0.2, 0.25) is 0 Å². The average molecular weight is 235 g/mol. The third-order valence-electron chi connectivity index (χ3n) is 2.51. The molecule has 0 amide bonds. The number of hydrogen-bond donors (Lipinski definition) is 0. The van der Waals surface area contributed by atoms with Crippen molar-refractivity contribution in [2.24, 2.45) is 5.41 Å². The third kappa shape index (κ3) is 2.69. The van der Waals surface area contributed by atoms with E-state index in [1.807, 2.05) is 0 Å². The molecule has 1 aliphatic heterocycles. The van der Waals surface area contributed by atoms with Gasteiger partial charge in [-0.25, -0.2) is 12.7 Å². The van der Waals surface area contributed by atoms with Gasteiger partial charge in [-0.1, -0.05) is 0 Å². The van der Waals surface area contributed by atoms with E-state index >= 15 is 0 Å². The van der Waals surface area contributed by atoms with Gasteiger partial charge in [0.2, 0.25) is 10.0 Å². The maximum absolute atomic E-state index is 11.5. The summed E-state index contributed by atoms with van der Waals surface area (Å²) in [7, 11) is -1.83. The first kappa shape index (κ1) is 12.4. The van der Waals surface area contributed by atoms with E-state index in [9.17, 15) is 13.2 Å². The maximum atomic E-state index is 11.5. The van der Waals surface area contributed by atoms with Crippen LogP contribution in [0.1, 0.15) is 20.3 Å². The van der Waals surface area contributed by atoms with Crippen molar-refractivity contribution in [2.45, 2.75) is 20.3 Å². The molecule has 0 spiro atoms. The Kier molecular flexibility index (Phi) is 3.40. The van der Waals surface area contributed by atoms with E-state index in [-0.39, 0.29) is 18.3 Å². The Hall–Kier alpha value is -0.620. The van der Waals surface area contributed by atoms with Gasteiger partial charge in [-0.05, 0) is 20.3 Å². The molecule has 0 aromatic carbocycles. The Morgan fingerprint density at radius 1 is 1.47 bits per heavy atom. The number of ether oxygens (including phenoxy) is 1. The minimum atomic E-state index is -3.14. The van der Waals surface area contributed by atoms with Crippen LogP contribution in [-0.4, -0.2) is 44.6 Å². The SMILES string of the molecule is COC(=O)C(C)(C)CN1CCCS1(=O)=O. The molecule has 1 saturated heterocycles. The lowest BCUT2D eigenvalue weighted by atomic mass is 9.94. The number of methoxy groups -OCH3 is 1. The van der Waals surface area contributed by atoms with Crippen LogP contribution in [0.3, 0.4) is 0 Å². The normalized spacial score (nSPS) is 21.5. The molecule has 0 atom stereocenters. The first-order chi connectivity index (χ1) is 6.79. The zero-order valence-corrected chi connectivity index (χ0v) is 10.1. The second-order valence-corrected chi connectivity index (χ2v) is 6.47. The molecule has 0 bridgehead atoms. The molecule has 0 unspecified atom stereocenters. The molecule has 0 saturated carbocycles. The summed E-state index contributed by atoms with van der Waals surface area (Å²) in [6.07, 6.45) is 0.638. The molecular formula is C9H17NO4S. The lowest BCUT2D eigenvalue weighted by Gasteiger charge is -2.26. The van der Waals surface area contributed by atoms with Crippen molar-refractivity contribution >= 4 is 16.0 Å². The Balaban J connectivity index is 2.74. The molecule has 1 fully saturated rings. The molecule has 1 rings (SSSR count). The molecule has 1 heterocycles. The van der Waals surface area contributed by atoms with Gasteiger partial charge in [-0.2, -0.15) is 0 Å². The van der Waals surface area contributed by atoms with Crippen molar-refractivity contribution in [1.82, 2.24) is 4.31 Å². The lowest BCUT2D eigenvalue weighted by Crippen LogP contribution is -2.40. The summed E-state index contributed by atoms with van der Waals surface area (Å²) in [5.41, 5.74) is -0.786. The van der Waals surface area contributed by atoms with Crippen molar-refractivity contribution in [1.29, 1.82) is 0 Å². The van der Waals surface area contributed by atoms with Gasteiger partial charge < -0.3 is 4.74 Å². The Labute approximate surface area is 90.4 Å². The van der Waals surface area contributed by atoms with E-state index in [1.165, 1.54) is 11.4 Å². The molecular weight excluding hydrogens is 218 g/mol. The van der Waals surface area contributed by atoms with Crippen molar-refractivity contribution in [3.05, 3.63) is 0 Å². The van der Waals surface area contributed by atoms with E-state index in [4.69, 9.17) is 0 Å². The van der Waals surface area contributed by atoms with E-state index < -0.39 is 15.4 Å². The topological polar surface area (TPSA) is 63.7 Å². The number of nitrogens with zero attached hydrogens (tertiary/aromatic N) is 1. The molecule has 15 heavy (non-hydrogen) atoms. The van der Waals surface area contributed by atoms with E-state index in [1.54, 1.807) is 13.8 Å². The number of sulfonamides is 1. The molecule has 1 aliphatic rings. The summed E-state index contributed by atoms with van der Waals surface area (Å²) >= 11 is 0. The highest BCUT2D eigenvalue weighted by molar-refractivity contribution is 7.89. The Morgan fingerprint density at radius 2 is 2.07 bits per heavy atom. The molecule has 0 aliphatic carbocycles. The lowest BCUT2D eigenvalue weighted by molar-refractivity contribution is -0.151. The first-order valence-corrected chi connectivity index (χ1v) is 6.47. The van der Waals surface area contributed by atoms with Gasteiger partial charge in [0.15, 0.2) is 0 Å². The zero-order chi connectivity index (χ0) is 11.7. The fourth-order valence-corrected chi connectivity index (χ4v) is 3.33. The molecule has 0 radical (unpaired) electrons. The fraction of sp³-hybridized carbons (Fsp3) is 0.889. The molecule has 0 N–H and O–H groups in total. The van der Waals surface area contributed by atoms with E-state index in [2.05, 4.69) is 4.74 Å². The highest BCUT2D eigenvalue weighted by Gasteiger charge is 2.37. The summed E-state index contributed by atoms with van der Waals surface area (Å²) in [5.74, 6) is -0.200. The monoisotopic (exact) mass is 235 g/mol. The van der Waals surface area contributed by atoms with Gasteiger partial charge >= 0.3 is 5.97 Å². The van der Waals surface area contributed by atoms with Crippen molar-refractivity contribution in [3.8, 4) is 0 Å². The third-order valence-corrected chi connectivity index (χ3v) is 4.42. The van der Waals surface area contributed by atoms with Crippen LogP contribution in [0, 0.1) is 5.41 Å². The van der Waals surface area contributed by atoms with Crippen molar-refractivity contribution in [3.63, 3.8) is 0 Å². The summed E-state index contributed by atoms with van der Waals surface area (Å²) in [5, 5.41) is 0. The Morgan fingerprint density at radius 3 is 2.47 bits per heavy atom. The van der Waals surface area contributed by atoms with Gasteiger partial charge in [-0.15, -0.1) is 0 Å². The van der Waals surface area contributed by atoms with Crippen LogP contribution < -0.4 is 0 Å². The minimum absolute atomic E-state index is 0.185. The number of carbonyl (C=O) groups excluding carboxylic acids is 1. The van der Waals surface area contributed by atoms with Crippen molar-refractivity contribution in [2.75, 3.05) is 26.0 Å². The van der Waals surface area contributed by atoms with Crippen LogP contribution in [0.4, 0.5) is 0 Å². The average Bonchev–Trinajstić information content (AvgIpc) is 2.44. The first-order valence-electron chi connectivity index (χ1n) is 4.86. The second kappa shape index (κ2) is 4.09. The zero-order valence-electron chi connectivity index (χ0n) is 9.32. The number of carbonyl (C=O) groups is 1. The smallest absolute Gasteiger partial charge is 0.312 e. The largest absolute Gasteiger partial charge is 0.469 e. The fourth-order valence-electron chi connectivity index (χ4n) is 1.65. The predicted molar refractivity (Wildman–Crippen MR) is 55.8 cm³/mol. The summed E-state index contributed by atoms with van der Waals surface area (Å²) < 4.78 is 29.0. The van der Waals surface area contributed by atoms with Crippen LogP contribution in [-0.2, 0) is 19.6 Å². The molecule has 0 aromatic heterocycles. The van der Waals surface area contributed by atoms with Crippen LogP contribution >= 0.6 is 0 Å². The van der Waals surface area contributed by atoms with Crippen LogP contribution in [0.15, 0.2) is 0 Å². The van der Waals surface area contributed by atoms with Gasteiger partial charge in [0.05, 0.1) is 18.3 Å². The maximum Gasteiger partial charge on any atom is 0.312 e. The van der Waals surface area contributed by atoms with Gasteiger partial charge in [-0.3, -0.25) is 4.79 Å². The molecule has 88 valence electrons. The van der Waals surface area contributed by atoms with Gasteiger partial charge in [0.1, 0.15) is 0 Å². The summed E-state index contributed by atoms with van der Waals surface area (Å²) in [4.78, 5) is 11.4. The highest BCUT2D eigenvalue weighted by atomic mass is 32.2. The van der Waals surface area contributed by atoms with E-state index in [0.29, 0.717) is 13.0 Å². The molecule has 5 nitrogen and oxygen atoms in total. The number of rotatable bonds is 3. The van der Waals surface area contributed by atoms with Crippen LogP contribution in [0.5, 0.6) is 0 Å². The second-order valence-electron chi connectivity index (χ2n) is 4.38. The Bertz CT molecular complexity index is 347. The van der Waals surface area contributed by atoms with Gasteiger partial charge in [0.25, 0.3) is 0 Å². The minimum Gasteiger partial charge on any atom is -0.469 e. The quantitative estimate of drug-likeness (QED) is 0.656. The standard InChI is InChI=1S/C9H17NO4S/c1-9(2,8(11)14-3)7-10-5-4-6-15(10,12)13/h4-7H2,1-3H3. The number of hydrogen-bond acceptors (Lipinski definition) is 4. The van der Waals surface area contributed by atoms with Gasteiger partial charge in [0, 0.05) is 13.1 Å². The molecule has 6 heteroatoms. The predicted octanol–water partition coefficient (Wildman–Crippen LogP) is 0.221. The van der Waals surface area contributed by atoms with Crippen molar-refractivity contribution < 1.29 is 17.9 Å². The van der Waals surface area contributed by atoms with E-state index in [0.717, 1.165) is 0 Å². The summed E-state index contributed by atoms with van der Waals surface area (Å²) in [6.45, 7) is 4.07.